The Labute approximate surface area is 133 Å². The van der Waals surface area contributed by atoms with E-state index in [9.17, 15) is 15.0 Å². The fourth-order valence-electron chi connectivity index (χ4n) is 2.89. The third-order valence-corrected chi connectivity index (χ3v) is 4.10. The van der Waals surface area contributed by atoms with Crippen LogP contribution >= 0.6 is 0 Å². The summed E-state index contributed by atoms with van der Waals surface area (Å²) >= 11 is 0. The predicted molar refractivity (Wildman–Crippen MR) is 82.9 cm³/mol. The highest BCUT2D eigenvalue weighted by Gasteiger charge is 2.35. The SMILES string of the molecule is Cc1cc(C[C@@H]2CN(C(=O)c3cc(O)ccc3N)C[C@H]2O)on1. The number of nitrogens with two attached hydrogens (primary N) is 1. The number of benzene rings is 1. The lowest BCUT2D eigenvalue weighted by atomic mass is 10.0. The van der Waals surface area contributed by atoms with Gasteiger partial charge < -0.3 is 25.4 Å². The minimum atomic E-state index is -0.636. The smallest absolute Gasteiger partial charge is 0.256 e. The molecule has 1 aliphatic rings. The summed E-state index contributed by atoms with van der Waals surface area (Å²) < 4.78 is 5.17. The zero-order chi connectivity index (χ0) is 16.6. The molecule has 0 saturated carbocycles. The van der Waals surface area contributed by atoms with Gasteiger partial charge in [-0.05, 0) is 25.1 Å². The Morgan fingerprint density at radius 3 is 2.91 bits per heavy atom. The van der Waals surface area contributed by atoms with Gasteiger partial charge in [-0.25, -0.2) is 0 Å². The molecule has 2 heterocycles. The van der Waals surface area contributed by atoms with E-state index in [-0.39, 0.29) is 29.7 Å². The van der Waals surface area contributed by atoms with Crippen molar-refractivity contribution in [1.82, 2.24) is 10.1 Å². The molecule has 3 rings (SSSR count). The summed E-state index contributed by atoms with van der Waals surface area (Å²) in [5.41, 5.74) is 7.14. The van der Waals surface area contributed by atoms with Crippen molar-refractivity contribution in [1.29, 1.82) is 0 Å². The molecular formula is C16H19N3O4. The van der Waals surface area contributed by atoms with Crippen LogP contribution in [0, 0.1) is 12.8 Å². The fourth-order valence-corrected chi connectivity index (χ4v) is 2.89. The summed E-state index contributed by atoms with van der Waals surface area (Å²) in [6.45, 7) is 2.46. The van der Waals surface area contributed by atoms with E-state index in [0.717, 1.165) is 5.69 Å². The van der Waals surface area contributed by atoms with E-state index in [1.165, 1.54) is 18.2 Å². The standard InChI is InChI=1S/C16H19N3O4/c1-9-4-12(23-18-9)5-10-7-19(8-15(10)21)16(22)13-6-11(20)2-3-14(13)17/h2-4,6,10,15,20-21H,5,7-8,17H2,1H3/t10-,15-/m1/s1. The largest absolute Gasteiger partial charge is 0.508 e. The molecule has 0 aliphatic carbocycles. The van der Waals surface area contributed by atoms with Gasteiger partial charge in [0.15, 0.2) is 0 Å². The third kappa shape index (κ3) is 3.14. The number of nitrogens with zero attached hydrogens (tertiary/aromatic N) is 2. The summed E-state index contributed by atoms with van der Waals surface area (Å²) in [6, 6.07) is 6.09. The number of aromatic hydroxyl groups is 1. The van der Waals surface area contributed by atoms with Gasteiger partial charge in [0.05, 0.1) is 17.4 Å². The molecule has 1 aromatic heterocycles. The van der Waals surface area contributed by atoms with E-state index in [2.05, 4.69) is 5.16 Å². The normalized spacial score (nSPS) is 20.9. The topological polar surface area (TPSA) is 113 Å². The molecule has 1 aliphatic heterocycles. The number of aliphatic hydroxyl groups excluding tert-OH is 1. The highest BCUT2D eigenvalue weighted by Crippen LogP contribution is 2.26. The maximum atomic E-state index is 12.6. The Hall–Kier alpha value is -2.54. The van der Waals surface area contributed by atoms with Gasteiger partial charge in [-0.2, -0.15) is 0 Å². The van der Waals surface area contributed by atoms with Crippen LogP contribution in [-0.2, 0) is 6.42 Å². The van der Waals surface area contributed by atoms with Crippen molar-refractivity contribution in [2.24, 2.45) is 5.92 Å². The molecule has 2 aromatic rings. The van der Waals surface area contributed by atoms with E-state index in [0.29, 0.717) is 24.4 Å². The minimum Gasteiger partial charge on any atom is -0.508 e. The number of anilines is 1. The van der Waals surface area contributed by atoms with Crippen LogP contribution in [0.1, 0.15) is 21.8 Å². The molecular weight excluding hydrogens is 298 g/mol. The molecule has 23 heavy (non-hydrogen) atoms. The average Bonchev–Trinajstić information content (AvgIpc) is 3.08. The van der Waals surface area contributed by atoms with Crippen LogP contribution in [0.15, 0.2) is 28.8 Å². The van der Waals surface area contributed by atoms with Crippen LogP contribution in [0.25, 0.3) is 0 Å². The molecule has 0 radical (unpaired) electrons. The van der Waals surface area contributed by atoms with E-state index in [1.54, 1.807) is 4.90 Å². The maximum absolute atomic E-state index is 12.6. The first-order chi connectivity index (χ1) is 10.9. The van der Waals surface area contributed by atoms with Crippen LogP contribution in [0.2, 0.25) is 0 Å². The van der Waals surface area contributed by atoms with Crippen LogP contribution in [-0.4, -0.2) is 45.4 Å². The number of phenolic OH excluding ortho intramolecular Hbond substituents is 1. The van der Waals surface area contributed by atoms with Gasteiger partial charge in [-0.3, -0.25) is 4.79 Å². The van der Waals surface area contributed by atoms with Gasteiger partial charge in [0.25, 0.3) is 5.91 Å². The van der Waals surface area contributed by atoms with Gasteiger partial charge in [-0.15, -0.1) is 0 Å². The van der Waals surface area contributed by atoms with Crippen LogP contribution in [0.4, 0.5) is 5.69 Å². The van der Waals surface area contributed by atoms with E-state index < -0.39 is 6.10 Å². The Balaban J connectivity index is 1.72. The van der Waals surface area contributed by atoms with Crippen molar-refractivity contribution >= 4 is 11.6 Å². The van der Waals surface area contributed by atoms with E-state index >= 15 is 0 Å². The number of aliphatic hydroxyl groups is 1. The molecule has 0 spiro atoms. The lowest BCUT2D eigenvalue weighted by Crippen LogP contribution is -2.30. The second-order valence-corrected chi connectivity index (χ2v) is 5.95. The van der Waals surface area contributed by atoms with Gasteiger partial charge >= 0.3 is 0 Å². The van der Waals surface area contributed by atoms with Crippen molar-refractivity contribution in [2.75, 3.05) is 18.8 Å². The summed E-state index contributed by atoms with van der Waals surface area (Å²) in [7, 11) is 0. The first-order valence-corrected chi connectivity index (χ1v) is 7.42. The molecule has 0 unspecified atom stereocenters. The minimum absolute atomic E-state index is 0.0176. The van der Waals surface area contributed by atoms with Crippen molar-refractivity contribution < 1.29 is 19.5 Å². The number of hydrogen-bond acceptors (Lipinski definition) is 6. The molecule has 1 aromatic carbocycles. The van der Waals surface area contributed by atoms with Crippen molar-refractivity contribution in [3.63, 3.8) is 0 Å². The number of carbonyl (C=O) groups excluding carboxylic acids is 1. The Bertz CT molecular complexity index is 728. The number of β-amino-alcohol motifs (C(OH)–C–C–N with tert-alkyl or cyclic N) is 1. The summed E-state index contributed by atoms with van der Waals surface area (Å²) in [5, 5.41) is 23.6. The number of carbonyl (C=O) groups is 1. The Kier molecular flexibility index (Phi) is 3.96. The average molecular weight is 317 g/mol. The maximum Gasteiger partial charge on any atom is 0.256 e. The van der Waals surface area contributed by atoms with Gasteiger partial charge in [0.2, 0.25) is 0 Å². The van der Waals surface area contributed by atoms with Gasteiger partial charge in [-0.1, -0.05) is 5.16 Å². The second kappa shape index (κ2) is 5.92. The third-order valence-electron chi connectivity index (χ3n) is 4.10. The number of nitrogen functional groups attached to an aromatic ring is 1. The number of aryl methyl sites for hydroxylation is 1. The van der Waals surface area contributed by atoms with Crippen LogP contribution in [0.5, 0.6) is 5.75 Å². The Morgan fingerprint density at radius 2 is 2.22 bits per heavy atom. The molecule has 7 heteroatoms. The van der Waals surface area contributed by atoms with Gasteiger partial charge in [0.1, 0.15) is 11.5 Å². The van der Waals surface area contributed by atoms with Crippen molar-refractivity contribution in [3.8, 4) is 5.75 Å². The zero-order valence-corrected chi connectivity index (χ0v) is 12.8. The lowest BCUT2D eigenvalue weighted by molar-refractivity contribution is 0.0765. The van der Waals surface area contributed by atoms with Gasteiger partial charge in [0, 0.05) is 37.2 Å². The number of hydrogen-bond donors (Lipinski definition) is 3. The van der Waals surface area contributed by atoms with E-state index in [1.807, 2.05) is 13.0 Å². The molecule has 2 atom stereocenters. The number of likely N-dealkylation sites (tertiary alicyclic amines) is 1. The molecule has 1 amide bonds. The van der Waals surface area contributed by atoms with Crippen LogP contribution in [0.3, 0.4) is 0 Å². The first-order valence-electron chi connectivity index (χ1n) is 7.42. The number of rotatable bonds is 3. The first kappa shape index (κ1) is 15.4. The van der Waals surface area contributed by atoms with Crippen LogP contribution < -0.4 is 5.73 Å². The van der Waals surface area contributed by atoms with Crippen molar-refractivity contribution in [2.45, 2.75) is 19.4 Å². The molecule has 1 saturated heterocycles. The second-order valence-electron chi connectivity index (χ2n) is 5.95. The highest BCUT2D eigenvalue weighted by atomic mass is 16.5. The quantitative estimate of drug-likeness (QED) is 0.574. The molecule has 122 valence electrons. The molecule has 7 nitrogen and oxygen atoms in total. The summed E-state index contributed by atoms with van der Waals surface area (Å²) in [6.07, 6.45) is -0.121. The highest BCUT2D eigenvalue weighted by molar-refractivity contribution is 5.99. The zero-order valence-electron chi connectivity index (χ0n) is 12.8. The number of phenols is 1. The molecule has 0 bridgehead atoms. The lowest BCUT2D eigenvalue weighted by Gasteiger charge is -2.17. The summed E-state index contributed by atoms with van der Waals surface area (Å²) in [4.78, 5) is 14.1. The summed E-state index contributed by atoms with van der Waals surface area (Å²) in [5.74, 6) is 0.257. The fraction of sp³-hybridized carbons (Fsp3) is 0.375. The molecule has 4 N–H and O–H groups in total. The monoisotopic (exact) mass is 317 g/mol. The molecule has 1 fully saturated rings. The number of aromatic nitrogens is 1. The van der Waals surface area contributed by atoms with Crippen molar-refractivity contribution in [3.05, 3.63) is 41.3 Å². The predicted octanol–water partition coefficient (Wildman–Crippen LogP) is 0.946. The Morgan fingerprint density at radius 1 is 1.43 bits per heavy atom. The van der Waals surface area contributed by atoms with E-state index in [4.69, 9.17) is 10.3 Å². The number of amides is 1.